The molecule has 0 aromatic carbocycles. The first-order valence-corrected chi connectivity index (χ1v) is 10.1. The molecule has 5 rings (SSSR count). The van der Waals surface area contributed by atoms with E-state index in [0.29, 0.717) is 30.4 Å². The van der Waals surface area contributed by atoms with Gasteiger partial charge in [-0.1, -0.05) is 20.8 Å². The first kappa shape index (κ1) is 19.1. The highest BCUT2D eigenvalue weighted by molar-refractivity contribution is 5.97. The van der Waals surface area contributed by atoms with Crippen LogP contribution in [0, 0.1) is 22.2 Å². The van der Waals surface area contributed by atoms with E-state index in [-0.39, 0.29) is 11.3 Å². The predicted molar refractivity (Wildman–Crippen MR) is 96.0 cm³/mol. The largest absolute Gasteiger partial charge is 0.466 e. The van der Waals surface area contributed by atoms with Gasteiger partial charge in [-0.05, 0) is 43.1 Å². The van der Waals surface area contributed by atoms with Crippen molar-refractivity contribution in [3.05, 3.63) is 11.1 Å². The Balaban J connectivity index is 1.82. The molecule has 3 heterocycles. The minimum Gasteiger partial charge on any atom is -0.466 e. The fourth-order valence-corrected chi connectivity index (χ4v) is 7.42. The van der Waals surface area contributed by atoms with E-state index in [1.807, 2.05) is 20.8 Å². The molecule has 2 spiro atoms. The Kier molecular flexibility index (Phi) is 3.43. The summed E-state index contributed by atoms with van der Waals surface area (Å²) >= 11 is 0. The topological polar surface area (TPSA) is 108 Å². The lowest BCUT2D eigenvalue weighted by Gasteiger charge is -2.45. The maximum atomic E-state index is 13.3. The number of ether oxygens (including phenoxy) is 4. The molecule has 0 amide bonds. The van der Waals surface area contributed by atoms with Gasteiger partial charge >= 0.3 is 17.9 Å². The Morgan fingerprint density at radius 3 is 2.55 bits per heavy atom. The molecule has 29 heavy (non-hydrogen) atoms. The first-order valence-electron chi connectivity index (χ1n) is 10.1. The molecule has 0 aromatic rings. The molecule has 2 aliphatic carbocycles. The van der Waals surface area contributed by atoms with Crippen molar-refractivity contribution in [1.82, 2.24) is 0 Å². The number of hydrogen-bond acceptors (Lipinski definition) is 8. The van der Waals surface area contributed by atoms with Crippen LogP contribution in [0.25, 0.3) is 0 Å². The highest BCUT2D eigenvalue weighted by Gasteiger charge is 2.94. The molecule has 5 fully saturated rings. The van der Waals surface area contributed by atoms with Crippen LogP contribution in [0.2, 0.25) is 0 Å². The van der Waals surface area contributed by atoms with Crippen LogP contribution in [0.1, 0.15) is 47.0 Å². The van der Waals surface area contributed by atoms with Crippen LogP contribution in [0.5, 0.6) is 0 Å². The fraction of sp³-hybridized carbons (Fsp3) is 0.762. The van der Waals surface area contributed by atoms with Crippen molar-refractivity contribution in [3.8, 4) is 0 Å². The van der Waals surface area contributed by atoms with Crippen molar-refractivity contribution in [3.63, 3.8) is 0 Å². The van der Waals surface area contributed by atoms with Gasteiger partial charge in [-0.25, -0.2) is 14.4 Å². The van der Waals surface area contributed by atoms with Crippen LogP contribution in [-0.4, -0.2) is 54.2 Å². The van der Waals surface area contributed by atoms with Crippen LogP contribution in [0.4, 0.5) is 0 Å². The zero-order chi connectivity index (χ0) is 21.1. The summed E-state index contributed by atoms with van der Waals surface area (Å²) in [4.78, 5) is 38.1. The number of carbonyl (C=O) groups excluding carboxylic acids is 3. The normalized spacial score (nSPS) is 48.8. The third kappa shape index (κ3) is 1.67. The third-order valence-corrected chi connectivity index (χ3v) is 8.27. The van der Waals surface area contributed by atoms with E-state index in [0.717, 1.165) is 0 Å². The van der Waals surface area contributed by atoms with E-state index in [9.17, 15) is 19.5 Å². The van der Waals surface area contributed by atoms with Crippen LogP contribution < -0.4 is 0 Å². The number of aliphatic hydroxyl groups excluding tert-OH is 1. The summed E-state index contributed by atoms with van der Waals surface area (Å²) in [5.41, 5.74) is -3.10. The quantitative estimate of drug-likeness (QED) is 0.394. The molecule has 2 saturated carbocycles. The Morgan fingerprint density at radius 2 is 1.93 bits per heavy atom. The summed E-state index contributed by atoms with van der Waals surface area (Å²) in [6.07, 6.45) is -1.60. The summed E-state index contributed by atoms with van der Waals surface area (Å²) in [7, 11) is 1.28. The van der Waals surface area contributed by atoms with Gasteiger partial charge in [0.2, 0.25) is 11.9 Å². The van der Waals surface area contributed by atoms with Crippen LogP contribution in [0.15, 0.2) is 11.1 Å². The molecule has 8 heteroatoms. The highest BCUT2D eigenvalue weighted by atomic mass is 16.7. The van der Waals surface area contributed by atoms with Gasteiger partial charge in [0.15, 0.2) is 6.10 Å². The molecule has 3 saturated heterocycles. The SMILES string of the molecule is COC(=O)/C(C)=C1\CCC23[C@H]4C[C@@H](C(C)(C)C)C25[C@@H](OC(=O)[C@@H]5O)O[C@@]13C(=O)O4. The average Bonchev–Trinajstić information content (AvgIpc) is 3.33. The van der Waals surface area contributed by atoms with Gasteiger partial charge in [-0.3, -0.25) is 0 Å². The maximum Gasteiger partial charge on any atom is 0.344 e. The van der Waals surface area contributed by atoms with Gasteiger partial charge in [0.25, 0.3) is 0 Å². The second-order valence-electron chi connectivity index (χ2n) is 10.0. The van der Waals surface area contributed by atoms with Crippen molar-refractivity contribution in [2.45, 2.75) is 71.1 Å². The van der Waals surface area contributed by atoms with Crippen molar-refractivity contribution in [2.75, 3.05) is 7.11 Å². The molecule has 7 atom stereocenters. The summed E-state index contributed by atoms with van der Waals surface area (Å²) in [6.45, 7) is 7.75. The highest BCUT2D eigenvalue weighted by Crippen LogP contribution is 2.82. The lowest BCUT2D eigenvalue weighted by molar-refractivity contribution is -0.191. The Hall–Kier alpha value is -1.93. The van der Waals surface area contributed by atoms with Gasteiger partial charge in [0.05, 0.1) is 17.9 Å². The molecule has 5 aliphatic rings. The van der Waals surface area contributed by atoms with Crippen molar-refractivity contribution in [2.24, 2.45) is 22.2 Å². The smallest absolute Gasteiger partial charge is 0.344 e. The average molecular weight is 406 g/mol. The van der Waals surface area contributed by atoms with Gasteiger partial charge < -0.3 is 24.1 Å². The predicted octanol–water partition coefficient (Wildman–Crippen LogP) is 1.25. The molecule has 8 nitrogen and oxygen atoms in total. The molecule has 158 valence electrons. The number of aliphatic hydroxyl groups is 1. The number of rotatable bonds is 1. The van der Waals surface area contributed by atoms with Crippen LogP contribution >= 0.6 is 0 Å². The second kappa shape index (κ2) is 5.21. The van der Waals surface area contributed by atoms with E-state index < -0.39 is 52.8 Å². The molecule has 3 aliphatic heterocycles. The molecule has 0 radical (unpaired) electrons. The van der Waals surface area contributed by atoms with Crippen LogP contribution in [-0.2, 0) is 33.3 Å². The molecule has 2 unspecified atom stereocenters. The summed E-state index contributed by atoms with van der Waals surface area (Å²) < 4.78 is 22.5. The number of carbonyl (C=O) groups is 3. The second-order valence-corrected chi connectivity index (χ2v) is 10.0. The zero-order valence-corrected chi connectivity index (χ0v) is 17.2. The molecule has 0 bridgehead atoms. The summed E-state index contributed by atoms with van der Waals surface area (Å²) in [6, 6.07) is 0. The minimum atomic E-state index is -1.54. The van der Waals surface area contributed by atoms with E-state index >= 15 is 0 Å². The standard InChI is InChI=1S/C21H26O8/c1-9(14(23)26-5)10-6-7-19-12-8-11(18(2,3)4)20(19)13(22)15(24)28-17(20)29-21(10,19)16(25)27-12/h11-13,17,22H,6-8H2,1-5H3/b10-9+/t11-,12+,13-,17-,19?,20?,21+/m0/s1. The lowest BCUT2D eigenvalue weighted by Crippen LogP contribution is -2.57. The van der Waals surface area contributed by atoms with Crippen molar-refractivity contribution in [1.29, 1.82) is 0 Å². The summed E-state index contributed by atoms with van der Waals surface area (Å²) in [5, 5.41) is 11.2. The number of esters is 3. The number of hydrogen-bond donors (Lipinski definition) is 1. The Bertz CT molecular complexity index is 884. The Morgan fingerprint density at radius 1 is 1.24 bits per heavy atom. The molecular formula is C21H26O8. The molecular weight excluding hydrogens is 380 g/mol. The van der Waals surface area contributed by atoms with E-state index in [2.05, 4.69) is 0 Å². The van der Waals surface area contributed by atoms with Crippen LogP contribution in [0.3, 0.4) is 0 Å². The maximum absolute atomic E-state index is 13.3. The zero-order valence-electron chi connectivity index (χ0n) is 17.2. The Labute approximate surface area is 168 Å². The lowest BCUT2D eigenvalue weighted by atomic mass is 9.52. The van der Waals surface area contributed by atoms with E-state index in [1.165, 1.54) is 7.11 Å². The van der Waals surface area contributed by atoms with Crippen molar-refractivity contribution < 1.29 is 38.4 Å². The molecule has 0 aromatic heterocycles. The minimum absolute atomic E-state index is 0.181. The van der Waals surface area contributed by atoms with Gasteiger partial charge in [0, 0.05) is 5.57 Å². The summed E-state index contributed by atoms with van der Waals surface area (Å²) in [5.74, 6) is -2.02. The van der Waals surface area contributed by atoms with Crippen molar-refractivity contribution >= 4 is 17.9 Å². The molecule has 1 N–H and O–H groups in total. The van der Waals surface area contributed by atoms with Gasteiger partial charge in [-0.2, -0.15) is 0 Å². The third-order valence-electron chi connectivity index (χ3n) is 8.27. The fourth-order valence-electron chi connectivity index (χ4n) is 7.42. The monoisotopic (exact) mass is 406 g/mol. The first-order chi connectivity index (χ1) is 13.5. The van der Waals surface area contributed by atoms with E-state index in [1.54, 1.807) is 6.92 Å². The van der Waals surface area contributed by atoms with E-state index in [4.69, 9.17) is 18.9 Å². The van der Waals surface area contributed by atoms with Gasteiger partial charge in [-0.15, -0.1) is 0 Å². The number of methoxy groups -OCH3 is 1. The van der Waals surface area contributed by atoms with Gasteiger partial charge in [0.1, 0.15) is 6.10 Å².